The van der Waals surface area contributed by atoms with Crippen LogP contribution in [-0.2, 0) is 6.18 Å². The minimum atomic E-state index is -5.19. The fourth-order valence-electron chi connectivity index (χ4n) is 2.32. The number of aromatic nitrogens is 1. The van der Waals surface area contributed by atoms with E-state index in [-0.39, 0.29) is 5.69 Å². The van der Waals surface area contributed by atoms with Crippen LogP contribution < -0.4 is 5.32 Å². The predicted octanol–water partition coefficient (Wildman–Crippen LogP) is 4.78. The second-order valence-electron chi connectivity index (χ2n) is 5.18. The van der Waals surface area contributed by atoms with Gasteiger partial charge in [0.2, 0.25) is 0 Å². The van der Waals surface area contributed by atoms with Crippen molar-refractivity contribution in [3.63, 3.8) is 0 Å². The van der Waals surface area contributed by atoms with Crippen molar-refractivity contribution in [1.29, 1.82) is 0 Å². The summed E-state index contributed by atoms with van der Waals surface area (Å²) in [5.41, 5.74) is -1.73. The minimum Gasteiger partial charge on any atom is -0.322 e. The van der Waals surface area contributed by atoms with Gasteiger partial charge in [-0.2, -0.15) is 13.2 Å². The number of alkyl halides is 3. The molecule has 3 rings (SSSR count). The first-order valence-electron chi connectivity index (χ1n) is 6.98. The fraction of sp³-hybridized carbons (Fsp3) is 0.0588. The molecule has 0 aliphatic rings. The number of nitrogens with one attached hydrogen (secondary N) is 1. The molecule has 25 heavy (non-hydrogen) atoms. The van der Waals surface area contributed by atoms with Crippen molar-refractivity contribution in [2.24, 2.45) is 0 Å². The average molecular weight is 352 g/mol. The van der Waals surface area contributed by atoms with Gasteiger partial charge in [-0.25, -0.2) is 8.78 Å². The Kier molecular flexibility index (Phi) is 4.12. The van der Waals surface area contributed by atoms with E-state index in [4.69, 9.17) is 0 Å². The second kappa shape index (κ2) is 6.12. The molecule has 0 radical (unpaired) electrons. The lowest BCUT2D eigenvalue weighted by molar-refractivity contribution is -0.142. The third kappa shape index (κ3) is 3.42. The average Bonchev–Trinajstić information content (AvgIpc) is 2.52. The molecule has 0 saturated heterocycles. The Labute approximate surface area is 138 Å². The first kappa shape index (κ1) is 16.8. The standard InChI is InChI=1S/C17H9F5N2O/c18-12-6-10(7-13(19)15(12)17(20,21)22)16(25)24-11-4-3-9-2-1-5-23-14(9)8-11/h1-8H,(H,24,25). The Morgan fingerprint density at radius 2 is 1.68 bits per heavy atom. The molecule has 0 spiro atoms. The zero-order valence-electron chi connectivity index (χ0n) is 12.4. The maximum Gasteiger partial charge on any atom is 0.422 e. The van der Waals surface area contributed by atoms with Gasteiger partial charge in [-0.3, -0.25) is 9.78 Å². The molecule has 1 N–H and O–H groups in total. The van der Waals surface area contributed by atoms with E-state index in [1.807, 2.05) is 0 Å². The normalized spacial score (nSPS) is 11.6. The zero-order chi connectivity index (χ0) is 18.2. The van der Waals surface area contributed by atoms with Crippen LogP contribution in [0.3, 0.4) is 0 Å². The van der Waals surface area contributed by atoms with E-state index in [2.05, 4.69) is 10.3 Å². The van der Waals surface area contributed by atoms with Crippen molar-refractivity contribution in [3.8, 4) is 0 Å². The highest BCUT2D eigenvalue weighted by Gasteiger charge is 2.38. The number of carbonyl (C=O) groups is 1. The Hall–Kier alpha value is -3.03. The molecular formula is C17H9F5N2O. The van der Waals surface area contributed by atoms with E-state index < -0.39 is 34.8 Å². The molecule has 1 amide bonds. The van der Waals surface area contributed by atoms with Crippen molar-refractivity contribution >= 4 is 22.5 Å². The molecule has 0 unspecified atom stereocenters. The van der Waals surface area contributed by atoms with Crippen molar-refractivity contribution in [2.45, 2.75) is 6.18 Å². The van der Waals surface area contributed by atoms with Gasteiger partial charge in [0.25, 0.3) is 5.91 Å². The molecule has 0 aliphatic heterocycles. The first-order chi connectivity index (χ1) is 11.8. The highest BCUT2D eigenvalue weighted by atomic mass is 19.4. The molecular weight excluding hydrogens is 343 g/mol. The monoisotopic (exact) mass is 352 g/mol. The number of halogens is 5. The van der Waals surface area contributed by atoms with Gasteiger partial charge in [0.05, 0.1) is 5.52 Å². The van der Waals surface area contributed by atoms with Gasteiger partial charge in [-0.1, -0.05) is 12.1 Å². The van der Waals surface area contributed by atoms with Gasteiger partial charge >= 0.3 is 6.18 Å². The summed E-state index contributed by atoms with van der Waals surface area (Å²) >= 11 is 0. The molecule has 3 aromatic rings. The molecule has 0 aliphatic carbocycles. The first-order valence-corrected chi connectivity index (χ1v) is 6.98. The number of benzene rings is 2. The maximum atomic E-state index is 13.6. The number of amides is 1. The lowest BCUT2D eigenvalue weighted by Gasteiger charge is -2.11. The van der Waals surface area contributed by atoms with Gasteiger partial charge in [0.15, 0.2) is 0 Å². The molecule has 0 fully saturated rings. The molecule has 0 saturated carbocycles. The highest BCUT2D eigenvalue weighted by Crippen LogP contribution is 2.34. The number of carbonyl (C=O) groups excluding carboxylic acids is 1. The third-order valence-corrected chi connectivity index (χ3v) is 3.45. The van der Waals surface area contributed by atoms with E-state index in [1.165, 1.54) is 6.07 Å². The minimum absolute atomic E-state index is 0.289. The zero-order valence-corrected chi connectivity index (χ0v) is 12.4. The summed E-state index contributed by atoms with van der Waals surface area (Å²) in [5, 5.41) is 3.18. The van der Waals surface area contributed by atoms with Crippen molar-refractivity contribution < 1.29 is 26.7 Å². The summed E-state index contributed by atoms with van der Waals surface area (Å²) in [5.74, 6) is -4.64. The van der Waals surface area contributed by atoms with E-state index >= 15 is 0 Å². The van der Waals surface area contributed by atoms with Crippen LogP contribution in [-0.4, -0.2) is 10.9 Å². The van der Waals surface area contributed by atoms with Crippen LogP contribution in [0.4, 0.5) is 27.6 Å². The van der Waals surface area contributed by atoms with Gasteiger partial charge in [0, 0.05) is 22.8 Å². The van der Waals surface area contributed by atoms with E-state index in [0.29, 0.717) is 17.6 Å². The molecule has 128 valence electrons. The third-order valence-electron chi connectivity index (χ3n) is 3.45. The van der Waals surface area contributed by atoms with Crippen molar-refractivity contribution in [2.75, 3.05) is 5.32 Å². The molecule has 1 aromatic heterocycles. The summed E-state index contributed by atoms with van der Waals surface area (Å²) < 4.78 is 64.8. The number of pyridine rings is 1. The SMILES string of the molecule is O=C(Nc1ccc2cccnc2c1)c1cc(F)c(C(F)(F)F)c(F)c1. The van der Waals surface area contributed by atoms with Crippen LogP contribution in [0.15, 0.2) is 48.7 Å². The largest absolute Gasteiger partial charge is 0.422 e. The summed E-state index contributed by atoms with van der Waals surface area (Å²) in [6, 6.07) is 8.97. The van der Waals surface area contributed by atoms with E-state index in [1.54, 1.807) is 30.5 Å². The van der Waals surface area contributed by atoms with Crippen LogP contribution in [0, 0.1) is 11.6 Å². The highest BCUT2D eigenvalue weighted by molar-refractivity contribution is 6.05. The number of fused-ring (bicyclic) bond motifs is 1. The number of anilines is 1. The van der Waals surface area contributed by atoms with E-state index in [0.717, 1.165) is 5.39 Å². The van der Waals surface area contributed by atoms with Crippen LogP contribution >= 0.6 is 0 Å². The summed E-state index contributed by atoms with van der Waals surface area (Å²) in [6.07, 6.45) is -3.64. The predicted molar refractivity (Wildman–Crippen MR) is 81.1 cm³/mol. The van der Waals surface area contributed by atoms with E-state index in [9.17, 15) is 26.7 Å². The molecule has 2 aromatic carbocycles. The van der Waals surface area contributed by atoms with Gasteiger partial charge in [-0.15, -0.1) is 0 Å². The molecule has 8 heteroatoms. The lowest BCUT2D eigenvalue weighted by Crippen LogP contribution is -2.16. The van der Waals surface area contributed by atoms with Crippen molar-refractivity contribution in [3.05, 3.63) is 71.4 Å². The Balaban J connectivity index is 1.90. The molecule has 0 bridgehead atoms. The lowest BCUT2D eigenvalue weighted by atomic mass is 10.1. The Morgan fingerprint density at radius 3 is 2.32 bits per heavy atom. The van der Waals surface area contributed by atoms with Gasteiger partial charge in [-0.05, 0) is 30.3 Å². The number of nitrogens with zero attached hydrogens (tertiary/aromatic N) is 1. The Bertz CT molecular complexity index is 946. The van der Waals surface area contributed by atoms with Crippen LogP contribution in [0.1, 0.15) is 15.9 Å². The molecule has 1 heterocycles. The van der Waals surface area contributed by atoms with Crippen molar-refractivity contribution in [1.82, 2.24) is 4.98 Å². The van der Waals surface area contributed by atoms with Crippen LogP contribution in [0.2, 0.25) is 0 Å². The summed E-state index contributed by atoms with van der Waals surface area (Å²) in [6.45, 7) is 0. The van der Waals surface area contributed by atoms with Gasteiger partial charge in [0.1, 0.15) is 17.2 Å². The second-order valence-corrected chi connectivity index (χ2v) is 5.18. The van der Waals surface area contributed by atoms with Crippen LogP contribution in [0.25, 0.3) is 10.9 Å². The molecule has 0 atom stereocenters. The summed E-state index contributed by atoms with van der Waals surface area (Å²) in [7, 11) is 0. The molecule has 3 nitrogen and oxygen atoms in total. The fourth-order valence-corrected chi connectivity index (χ4v) is 2.32. The maximum absolute atomic E-state index is 13.6. The number of hydrogen-bond acceptors (Lipinski definition) is 2. The topological polar surface area (TPSA) is 42.0 Å². The smallest absolute Gasteiger partial charge is 0.322 e. The summed E-state index contributed by atoms with van der Waals surface area (Å²) in [4.78, 5) is 16.2. The number of rotatable bonds is 2. The Morgan fingerprint density at radius 1 is 1.00 bits per heavy atom. The quantitative estimate of drug-likeness (QED) is 0.674. The number of hydrogen-bond donors (Lipinski definition) is 1. The van der Waals surface area contributed by atoms with Gasteiger partial charge < -0.3 is 5.32 Å². The van der Waals surface area contributed by atoms with Crippen LogP contribution in [0.5, 0.6) is 0 Å².